The van der Waals surface area contributed by atoms with Crippen molar-refractivity contribution >= 4 is 53.4 Å². The van der Waals surface area contributed by atoms with Crippen molar-refractivity contribution in [2.24, 2.45) is 0 Å². The highest BCUT2D eigenvalue weighted by Gasteiger charge is 2.18. The Morgan fingerprint density at radius 2 is 0.804 bits per heavy atom. The minimum Gasteiger partial charge on any atom is -0.456 e. The van der Waals surface area contributed by atoms with Gasteiger partial charge in [-0.1, -0.05) is 152 Å². The summed E-state index contributed by atoms with van der Waals surface area (Å²) in [6.45, 7) is 0. The van der Waals surface area contributed by atoms with Crippen LogP contribution in [0.25, 0.3) is 110 Å². The van der Waals surface area contributed by atoms with Crippen LogP contribution in [-0.4, -0.2) is 15.0 Å². The van der Waals surface area contributed by atoms with Gasteiger partial charge >= 0.3 is 0 Å². The van der Waals surface area contributed by atoms with Gasteiger partial charge in [0.25, 0.3) is 0 Å². The minimum atomic E-state index is 0.591. The van der Waals surface area contributed by atoms with Gasteiger partial charge < -0.3 is 4.42 Å². The molecule has 8 aromatic carbocycles. The predicted molar refractivity (Wildman–Crippen MR) is 233 cm³/mol. The van der Waals surface area contributed by atoms with Crippen LogP contribution in [0.1, 0.15) is 0 Å². The average molecular weight is 734 g/mol. The van der Waals surface area contributed by atoms with E-state index >= 15 is 0 Å². The van der Waals surface area contributed by atoms with Crippen LogP contribution in [0.5, 0.6) is 0 Å². The van der Waals surface area contributed by atoms with Crippen LogP contribution < -0.4 is 0 Å². The van der Waals surface area contributed by atoms with E-state index < -0.39 is 0 Å². The van der Waals surface area contributed by atoms with Gasteiger partial charge in [-0.15, -0.1) is 11.3 Å². The van der Waals surface area contributed by atoms with E-state index in [0.29, 0.717) is 17.5 Å². The summed E-state index contributed by atoms with van der Waals surface area (Å²) in [5.74, 6) is 1.83. The highest BCUT2D eigenvalue weighted by Crippen LogP contribution is 2.43. The Kier molecular flexibility index (Phi) is 7.64. The Morgan fingerprint density at radius 1 is 0.321 bits per heavy atom. The van der Waals surface area contributed by atoms with Crippen molar-refractivity contribution in [3.05, 3.63) is 188 Å². The van der Waals surface area contributed by atoms with Gasteiger partial charge in [-0.2, -0.15) is 0 Å². The number of furan rings is 1. The molecule has 56 heavy (non-hydrogen) atoms. The van der Waals surface area contributed by atoms with Crippen molar-refractivity contribution in [3.8, 4) is 67.5 Å². The Balaban J connectivity index is 0.999. The molecule has 4 nitrogen and oxygen atoms in total. The summed E-state index contributed by atoms with van der Waals surface area (Å²) in [6.07, 6.45) is 0. The van der Waals surface area contributed by atoms with E-state index in [4.69, 9.17) is 19.4 Å². The molecule has 0 aliphatic carbocycles. The molecule has 262 valence electrons. The first kappa shape index (κ1) is 32.2. The lowest BCUT2D eigenvalue weighted by molar-refractivity contribution is 0.669. The quantitative estimate of drug-likeness (QED) is 0.171. The summed E-state index contributed by atoms with van der Waals surface area (Å²) >= 11 is 1.85. The van der Waals surface area contributed by atoms with Crippen LogP contribution in [0.15, 0.2) is 192 Å². The third-order valence-corrected chi connectivity index (χ3v) is 11.7. The molecular formula is C51H31N3OS. The van der Waals surface area contributed by atoms with Crippen LogP contribution in [0.3, 0.4) is 0 Å². The SMILES string of the molecule is c1ccc(-c2ccc(-c3nc(-c4ccccc4)nc(-c4ccc5c(c4)oc4cc(-c6ccccc6-c6cccc7sc8ccccc8c67)ccc45)n3)cc2)cc1. The van der Waals surface area contributed by atoms with Crippen molar-refractivity contribution < 1.29 is 4.42 Å². The zero-order chi connectivity index (χ0) is 37.0. The summed E-state index contributed by atoms with van der Waals surface area (Å²) in [5.41, 5.74) is 11.4. The molecule has 0 N–H and O–H groups in total. The van der Waals surface area contributed by atoms with Crippen molar-refractivity contribution in [2.45, 2.75) is 0 Å². The molecule has 0 radical (unpaired) electrons. The second-order valence-electron chi connectivity index (χ2n) is 14.0. The predicted octanol–water partition coefficient (Wildman–Crippen LogP) is 14.1. The first-order valence-electron chi connectivity index (χ1n) is 18.7. The second kappa shape index (κ2) is 13.3. The van der Waals surface area contributed by atoms with Crippen LogP contribution in [-0.2, 0) is 0 Å². The number of hydrogen-bond acceptors (Lipinski definition) is 5. The van der Waals surface area contributed by atoms with Crippen LogP contribution in [0.2, 0.25) is 0 Å². The molecule has 0 amide bonds. The topological polar surface area (TPSA) is 51.8 Å². The zero-order valence-electron chi connectivity index (χ0n) is 30.1. The van der Waals surface area contributed by atoms with Crippen LogP contribution in [0, 0.1) is 0 Å². The summed E-state index contributed by atoms with van der Waals surface area (Å²) in [6, 6.07) is 65.7. The number of fused-ring (bicyclic) bond motifs is 6. The van der Waals surface area contributed by atoms with Gasteiger partial charge in [-0.25, -0.2) is 15.0 Å². The molecule has 5 heteroatoms. The zero-order valence-corrected chi connectivity index (χ0v) is 30.9. The molecule has 11 aromatic rings. The number of nitrogens with zero attached hydrogens (tertiary/aromatic N) is 3. The number of thiophene rings is 1. The fraction of sp³-hybridized carbons (Fsp3) is 0. The minimum absolute atomic E-state index is 0.591. The molecule has 0 aliphatic heterocycles. The van der Waals surface area contributed by atoms with Gasteiger partial charge in [0.2, 0.25) is 0 Å². The van der Waals surface area contributed by atoms with E-state index in [0.717, 1.165) is 49.8 Å². The van der Waals surface area contributed by atoms with Gasteiger partial charge in [-0.3, -0.25) is 0 Å². The first-order valence-corrected chi connectivity index (χ1v) is 19.5. The van der Waals surface area contributed by atoms with Gasteiger partial charge in [0.15, 0.2) is 17.5 Å². The monoisotopic (exact) mass is 733 g/mol. The smallest absolute Gasteiger partial charge is 0.164 e. The summed E-state index contributed by atoms with van der Waals surface area (Å²) in [7, 11) is 0. The summed E-state index contributed by atoms with van der Waals surface area (Å²) < 4.78 is 9.25. The molecule has 0 saturated heterocycles. The molecule has 0 spiro atoms. The van der Waals surface area contributed by atoms with Gasteiger partial charge in [-0.05, 0) is 69.8 Å². The highest BCUT2D eigenvalue weighted by molar-refractivity contribution is 7.25. The van der Waals surface area contributed by atoms with Gasteiger partial charge in [0.05, 0.1) is 0 Å². The molecular weight excluding hydrogens is 703 g/mol. The lowest BCUT2D eigenvalue weighted by Gasteiger charge is -2.12. The van der Waals surface area contributed by atoms with Crippen LogP contribution in [0.4, 0.5) is 0 Å². The van der Waals surface area contributed by atoms with E-state index in [1.54, 1.807) is 0 Å². The maximum Gasteiger partial charge on any atom is 0.164 e. The van der Waals surface area contributed by atoms with Crippen molar-refractivity contribution in [1.29, 1.82) is 0 Å². The van der Waals surface area contributed by atoms with E-state index in [1.807, 2.05) is 47.7 Å². The molecule has 11 rings (SSSR count). The Hall–Kier alpha value is -7.21. The number of benzene rings is 8. The molecule has 3 aromatic heterocycles. The van der Waals surface area contributed by atoms with E-state index in [2.05, 4.69) is 152 Å². The molecule has 0 atom stereocenters. The summed E-state index contributed by atoms with van der Waals surface area (Å²) in [4.78, 5) is 15.0. The molecule has 0 aliphatic rings. The third-order valence-electron chi connectivity index (χ3n) is 10.6. The first-order chi connectivity index (χ1) is 27.7. The van der Waals surface area contributed by atoms with E-state index in [1.165, 1.54) is 42.4 Å². The standard InChI is InChI=1S/C51H31N3OS/c1-3-12-32(13-4-1)33-22-24-35(25-23-33)50-52-49(34-14-5-2-6-15-34)53-51(54-50)37-27-29-41-40-28-26-36(30-44(40)55-45(41)31-37)38-16-7-8-17-39(38)42-19-11-21-47-48(42)43-18-9-10-20-46(43)56-47/h1-31H. The Morgan fingerprint density at radius 3 is 1.54 bits per heavy atom. The normalized spacial score (nSPS) is 11.6. The third kappa shape index (κ3) is 5.56. The maximum absolute atomic E-state index is 6.65. The highest BCUT2D eigenvalue weighted by atomic mass is 32.1. The number of rotatable bonds is 6. The molecule has 0 saturated carbocycles. The molecule has 0 fully saturated rings. The maximum atomic E-state index is 6.65. The number of aromatic nitrogens is 3. The fourth-order valence-corrected chi connectivity index (χ4v) is 8.98. The van der Waals surface area contributed by atoms with Crippen molar-refractivity contribution in [1.82, 2.24) is 15.0 Å². The largest absolute Gasteiger partial charge is 0.456 e. The van der Waals surface area contributed by atoms with E-state index in [-0.39, 0.29) is 0 Å². The average Bonchev–Trinajstić information content (AvgIpc) is 3.85. The van der Waals surface area contributed by atoms with Crippen molar-refractivity contribution in [2.75, 3.05) is 0 Å². The van der Waals surface area contributed by atoms with Crippen LogP contribution >= 0.6 is 11.3 Å². The molecule has 3 heterocycles. The lowest BCUT2D eigenvalue weighted by Crippen LogP contribution is -2.00. The Bertz CT molecular complexity index is 3240. The fourth-order valence-electron chi connectivity index (χ4n) is 7.85. The Labute approximate surface area is 327 Å². The summed E-state index contributed by atoms with van der Waals surface area (Å²) in [5, 5.41) is 4.72. The molecule has 0 bridgehead atoms. The second-order valence-corrected chi connectivity index (χ2v) is 15.0. The molecule has 0 unspecified atom stereocenters. The number of hydrogen-bond donors (Lipinski definition) is 0. The van der Waals surface area contributed by atoms with Gasteiger partial charge in [0.1, 0.15) is 11.2 Å². The lowest BCUT2D eigenvalue weighted by atomic mass is 9.91. The van der Waals surface area contributed by atoms with E-state index in [9.17, 15) is 0 Å². The van der Waals surface area contributed by atoms with Crippen molar-refractivity contribution in [3.63, 3.8) is 0 Å². The van der Waals surface area contributed by atoms with Gasteiger partial charge in [0, 0.05) is 47.6 Å².